The predicted octanol–water partition coefficient (Wildman–Crippen LogP) is 1.24. The molecular weight excluding hydrogens is 314 g/mol. The van der Waals surface area contributed by atoms with Gasteiger partial charge < -0.3 is 16.0 Å². The molecule has 0 saturated carbocycles. The molecular formula is C17H24ClN3O2. The summed E-state index contributed by atoms with van der Waals surface area (Å²) in [5.74, 6) is 0.212. The van der Waals surface area contributed by atoms with Gasteiger partial charge in [-0.3, -0.25) is 9.59 Å². The van der Waals surface area contributed by atoms with Crippen molar-refractivity contribution in [3.63, 3.8) is 0 Å². The number of halogens is 1. The van der Waals surface area contributed by atoms with Crippen molar-refractivity contribution >= 4 is 24.2 Å². The van der Waals surface area contributed by atoms with E-state index in [1.165, 1.54) is 0 Å². The molecule has 1 saturated heterocycles. The van der Waals surface area contributed by atoms with Crippen molar-refractivity contribution in [1.82, 2.24) is 10.2 Å². The zero-order chi connectivity index (χ0) is 15.5. The maximum atomic E-state index is 12.6. The van der Waals surface area contributed by atoms with Gasteiger partial charge in [-0.2, -0.15) is 0 Å². The fourth-order valence-corrected chi connectivity index (χ4v) is 3.47. The number of carbonyl (C=O) groups excluding carboxylic acids is 2. The number of nitrogens with one attached hydrogen (secondary N) is 1. The molecule has 3 rings (SSSR count). The Balaban J connectivity index is 0.00000192. The fourth-order valence-electron chi connectivity index (χ4n) is 3.47. The van der Waals surface area contributed by atoms with Gasteiger partial charge in [0.05, 0.1) is 0 Å². The molecule has 23 heavy (non-hydrogen) atoms. The first-order valence-electron chi connectivity index (χ1n) is 8.01. The third-order valence-electron chi connectivity index (χ3n) is 4.83. The molecule has 2 aliphatic rings. The second-order valence-electron chi connectivity index (χ2n) is 6.31. The summed E-state index contributed by atoms with van der Waals surface area (Å²) in [5.41, 5.74) is 7.77. The molecule has 0 radical (unpaired) electrons. The smallest absolute Gasteiger partial charge is 0.240 e. The zero-order valence-electron chi connectivity index (χ0n) is 13.2. The lowest BCUT2D eigenvalue weighted by atomic mass is 9.92. The van der Waals surface area contributed by atoms with Crippen LogP contribution >= 0.6 is 12.4 Å². The normalized spacial score (nSPS) is 23.0. The van der Waals surface area contributed by atoms with Crippen LogP contribution in [0.4, 0.5) is 0 Å². The van der Waals surface area contributed by atoms with Crippen LogP contribution < -0.4 is 11.1 Å². The maximum Gasteiger partial charge on any atom is 0.240 e. The lowest BCUT2D eigenvalue weighted by molar-refractivity contribution is -0.140. The number of primary amides is 1. The van der Waals surface area contributed by atoms with Gasteiger partial charge in [0.2, 0.25) is 11.8 Å². The molecule has 2 atom stereocenters. The molecule has 2 amide bonds. The molecule has 1 aromatic rings. The topological polar surface area (TPSA) is 75.4 Å². The first-order chi connectivity index (χ1) is 10.6. The van der Waals surface area contributed by atoms with E-state index in [1.807, 2.05) is 24.3 Å². The molecule has 0 aromatic heterocycles. The fraction of sp³-hybridized carbons (Fsp3) is 0.529. The summed E-state index contributed by atoms with van der Waals surface area (Å²) in [6, 6.07) is 7.45. The number of carbonyl (C=O) groups is 2. The summed E-state index contributed by atoms with van der Waals surface area (Å²) in [4.78, 5) is 26.0. The van der Waals surface area contributed by atoms with Crippen molar-refractivity contribution in [3.8, 4) is 0 Å². The Kier molecular flexibility index (Phi) is 6.02. The van der Waals surface area contributed by atoms with Crippen LogP contribution in [0.5, 0.6) is 0 Å². The van der Waals surface area contributed by atoms with Gasteiger partial charge in [0.15, 0.2) is 0 Å². The van der Waals surface area contributed by atoms with Gasteiger partial charge in [0.1, 0.15) is 6.04 Å². The average Bonchev–Trinajstić information content (AvgIpc) is 3.04. The van der Waals surface area contributed by atoms with Gasteiger partial charge >= 0.3 is 0 Å². The number of nitrogens with zero attached hydrogens (tertiary/aromatic N) is 1. The molecule has 6 heteroatoms. The Hall–Kier alpha value is -1.59. The summed E-state index contributed by atoms with van der Waals surface area (Å²) >= 11 is 0. The van der Waals surface area contributed by atoms with Crippen LogP contribution in [0.15, 0.2) is 24.3 Å². The van der Waals surface area contributed by atoms with Gasteiger partial charge in [-0.15, -0.1) is 12.4 Å². The van der Waals surface area contributed by atoms with Gasteiger partial charge in [0.25, 0.3) is 0 Å². The van der Waals surface area contributed by atoms with Crippen molar-refractivity contribution in [2.45, 2.75) is 38.3 Å². The Labute approximate surface area is 143 Å². The molecule has 2 heterocycles. The van der Waals surface area contributed by atoms with E-state index in [0.717, 1.165) is 37.1 Å². The van der Waals surface area contributed by atoms with Crippen LogP contribution in [0.3, 0.4) is 0 Å². The zero-order valence-corrected chi connectivity index (χ0v) is 14.0. The quantitative estimate of drug-likeness (QED) is 0.868. The minimum absolute atomic E-state index is 0. The molecule has 3 N–H and O–H groups in total. The standard InChI is InChI=1S/C17H23N3O2.ClH/c18-17(22)15-9-13-3-1-2-4-14(13)11-20(15)16(21)6-5-12-7-8-19-10-12;/h1-4,12,15,19H,5-11H2,(H2,18,22);1H. The highest BCUT2D eigenvalue weighted by Crippen LogP contribution is 2.25. The second-order valence-corrected chi connectivity index (χ2v) is 6.31. The highest BCUT2D eigenvalue weighted by molar-refractivity contribution is 5.87. The lowest BCUT2D eigenvalue weighted by Crippen LogP contribution is -2.51. The number of nitrogens with two attached hydrogens (primary N) is 1. The summed E-state index contributed by atoms with van der Waals surface area (Å²) < 4.78 is 0. The van der Waals surface area contributed by atoms with Gasteiger partial charge in [-0.25, -0.2) is 0 Å². The molecule has 0 spiro atoms. The van der Waals surface area contributed by atoms with Crippen LogP contribution in [0.25, 0.3) is 0 Å². The molecule has 2 unspecified atom stereocenters. The third kappa shape index (κ3) is 4.03. The summed E-state index contributed by atoms with van der Waals surface area (Å²) in [5, 5.41) is 3.32. The van der Waals surface area contributed by atoms with Gasteiger partial charge in [-0.05, 0) is 43.0 Å². The van der Waals surface area contributed by atoms with Crippen molar-refractivity contribution in [1.29, 1.82) is 0 Å². The SMILES string of the molecule is Cl.NC(=O)C1Cc2ccccc2CN1C(=O)CCC1CCNC1. The predicted molar refractivity (Wildman–Crippen MR) is 91.1 cm³/mol. The second kappa shape index (κ2) is 7.79. The van der Waals surface area contributed by atoms with Crippen LogP contribution in [-0.4, -0.2) is 35.8 Å². The monoisotopic (exact) mass is 337 g/mol. The molecule has 5 nitrogen and oxygen atoms in total. The van der Waals surface area contributed by atoms with E-state index < -0.39 is 11.9 Å². The Morgan fingerprint density at radius 1 is 1.26 bits per heavy atom. The van der Waals surface area contributed by atoms with Crippen LogP contribution in [0.1, 0.15) is 30.4 Å². The van der Waals surface area contributed by atoms with Gasteiger partial charge in [0, 0.05) is 19.4 Å². The van der Waals surface area contributed by atoms with E-state index in [-0.39, 0.29) is 18.3 Å². The van der Waals surface area contributed by atoms with E-state index in [2.05, 4.69) is 5.32 Å². The Morgan fingerprint density at radius 3 is 2.65 bits per heavy atom. The van der Waals surface area contributed by atoms with E-state index in [1.54, 1.807) is 4.90 Å². The van der Waals surface area contributed by atoms with Crippen molar-refractivity contribution in [3.05, 3.63) is 35.4 Å². The Bertz CT molecular complexity index is 573. The summed E-state index contributed by atoms with van der Waals surface area (Å²) in [7, 11) is 0. The van der Waals surface area contributed by atoms with Crippen molar-refractivity contribution in [2.24, 2.45) is 11.7 Å². The first kappa shape index (κ1) is 17.8. The molecule has 1 fully saturated rings. The number of amides is 2. The number of hydrogen-bond donors (Lipinski definition) is 2. The minimum atomic E-state index is -0.510. The summed E-state index contributed by atoms with van der Waals surface area (Å²) in [6.07, 6.45) is 3.05. The number of benzene rings is 1. The minimum Gasteiger partial charge on any atom is -0.368 e. The van der Waals surface area contributed by atoms with E-state index >= 15 is 0 Å². The molecule has 126 valence electrons. The molecule has 2 aliphatic heterocycles. The van der Waals surface area contributed by atoms with E-state index in [9.17, 15) is 9.59 Å². The number of rotatable bonds is 4. The van der Waals surface area contributed by atoms with Crippen LogP contribution in [0, 0.1) is 5.92 Å². The van der Waals surface area contributed by atoms with E-state index in [4.69, 9.17) is 5.73 Å². The van der Waals surface area contributed by atoms with Crippen LogP contribution in [-0.2, 0) is 22.6 Å². The number of fused-ring (bicyclic) bond motifs is 1. The molecule has 1 aromatic carbocycles. The molecule has 0 aliphatic carbocycles. The van der Waals surface area contributed by atoms with Crippen molar-refractivity contribution < 1.29 is 9.59 Å². The highest BCUT2D eigenvalue weighted by atomic mass is 35.5. The third-order valence-corrected chi connectivity index (χ3v) is 4.83. The van der Waals surface area contributed by atoms with Gasteiger partial charge in [-0.1, -0.05) is 24.3 Å². The number of hydrogen-bond acceptors (Lipinski definition) is 3. The Morgan fingerprint density at radius 2 is 2.00 bits per heavy atom. The van der Waals surface area contributed by atoms with Crippen molar-refractivity contribution in [2.75, 3.05) is 13.1 Å². The summed E-state index contributed by atoms with van der Waals surface area (Å²) in [6.45, 7) is 2.53. The molecule has 0 bridgehead atoms. The lowest BCUT2D eigenvalue weighted by Gasteiger charge is -2.35. The average molecular weight is 338 g/mol. The maximum absolute atomic E-state index is 12.6. The van der Waals surface area contributed by atoms with Crippen LogP contribution in [0.2, 0.25) is 0 Å². The highest BCUT2D eigenvalue weighted by Gasteiger charge is 2.33. The first-order valence-corrected chi connectivity index (χ1v) is 8.01. The largest absolute Gasteiger partial charge is 0.368 e. The van der Waals surface area contributed by atoms with E-state index in [0.29, 0.717) is 25.3 Å².